The zero-order valence-electron chi connectivity index (χ0n) is 9.76. The van der Waals surface area contributed by atoms with Crippen LogP contribution in [0.15, 0.2) is 29.3 Å². The third-order valence-electron chi connectivity index (χ3n) is 2.02. The van der Waals surface area contributed by atoms with E-state index in [2.05, 4.69) is 15.6 Å². The summed E-state index contributed by atoms with van der Waals surface area (Å²) in [5.74, 6) is 0.570. The van der Waals surface area contributed by atoms with Crippen LogP contribution in [0.2, 0.25) is 0 Å². The SMILES string of the molecule is CCNC(=NCc1ccc(F)cc1)NCC. The standard InChI is InChI=1S/C12H18FN3/c1-3-14-12(15-4-2)16-9-10-5-7-11(13)8-6-10/h5-8H,3-4,9H2,1-2H3,(H2,14,15,16). The lowest BCUT2D eigenvalue weighted by Crippen LogP contribution is -2.36. The van der Waals surface area contributed by atoms with Gasteiger partial charge in [0, 0.05) is 13.1 Å². The molecule has 0 unspecified atom stereocenters. The number of guanidine groups is 1. The van der Waals surface area contributed by atoms with Gasteiger partial charge in [-0.1, -0.05) is 12.1 Å². The van der Waals surface area contributed by atoms with Crippen LogP contribution in [0.25, 0.3) is 0 Å². The first-order chi connectivity index (χ1) is 7.76. The van der Waals surface area contributed by atoms with Gasteiger partial charge in [0.05, 0.1) is 6.54 Å². The molecule has 1 aromatic rings. The highest BCUT2D eigenvalue weighted by Crippen LogP contribution is 2.03. The molecule has 0 radical (unpaired) electrons. The fraction of sp³-hybridized carbons (Fsp3) is 0.417. The smallest absolute Gasteiger partial charge is 0.191 e. The van der Waals surface area contributed by atoms with Crippen molar-refractivity contribution in [2.45, 2.75) is 20.4 Å². The lowest BCUT2D eigenvalue weighted by molar-refractivity contribution is 0.627. The Bertz CT molecular complexity index is 325. The second-order valence-corrected chi connectivity index (χ2v) is 3.35. The van der Waals surface area contributed by atoms with Crippen molar-refractivity contribution in [1.82, 2.24) is 10.6 Å². The predicted molar refractivity (Wildman–Crippen MR) is 64.9 cm³/mol. The number of hydrogen-bond acceptors (Lipinski definition) is 1. The highest BCUT2D eigenvalue weighted by molar-refractivity contribution is 5.79. The lowest BCUT2D eigenvalue weighted by Gasteiger charge is -2.08. The summed E-state index contributed by atoms with van der Waals surface area (Å²) in [6.45, 7) is 6.25. The zero-order chi connectivity index (χ0) is 11.8. The van der Waals surface area contributed by atoms with E-state index >= 15 is 0 Å². The van der Waals surface area contributed by atoms with Gasteiger partial charge in [0.2, 0.25) is 0 Å². The molecule has 0 saturated carbocycles. The Morgan fingerprint density at radius 3 is 2.19 bits per heavy atom. The average molecular weight is 223 g/mol. The number of aliphatic imine (C=N–C) groups is 1. The van der Waals surface area contributed by atoms with Crippen LogP contribution < -0.4 is 10.6 Å². The summed E-state index contributed by atoms with van der Waals surface area (Å²) in [5, 5.41) is 6.26. The molecule has 2 N–H and O–H groups in total. The molecule has 0 amide bonds. The van der Waals surface area contributed by atoms with Gasteiger partial charge in [0.25, 0.3) is 0 Å². The second kappa shape index (κ2) is 6.82. The third kappa shape index (κ3) is 4.29. The summed E-state index contributed by atoms with van der Waals surface area (Å²) in [5.41, 5.74) is 0.995. The van der Waals surface area contributed by atoms with E-state index in [1.807, 2.05) is 13.8 Å². The van der Waals surface area contributed by atoms with Crippen molar-refractivity contribution in [3.63, 3.8) is 0 Å². The molecule has 1 aromatic carbocycles. The van der Waals surface area contributed by atoms with Gasteiger partial charge in [-0.2, -0.15) is 0 Å². The van der Waals surface area contributed by atoms with Crippen molar-refractivity contribution in [2.75, 3.05) is 13.1 Å². The molecule has 0 fully saturated rings. The van der Waals surface area contributed by atoms with E-state index in [1.165, 1.54) is 12.1 Å². The van der Waals surface area contributed by atoms with Crippen molar-refractivity contribution in [2.24, 2.45) is 4.99 Å². The Hall–Kier alpha value is -1.58. The maximum atomic E-state index is 12.7. The summed E-state index contributed by atoms with van der Waals surface area (Å²) < 4.78 is 12.7. The van der Waals surface area contributed by atoms with E-state index in [-0.39, 0.29) is 5.82 Å². The Balaban J connectivity index is 2.57. The molecule has 0 aromatic heterocycles. The van der Waals surface area contributed by atoms with Crippen LogP contribution in [0.5, 0.6) is 0 Å². The number of rotatable bonds is 4. The number of benzene rings is 1. The first-order valence-corrected chi connectivity index (χ1v) is 5.53. The minimum absolute atomic E-state index is 0.216. The van der Waals surface area contributed by atoms with Gasteiger partial charge in [-0.25, -0.2) is 9.38 Å². The van der Waals surface area contributed by atoms with Crippen molar-refractivity contribution in [3.8, 4) is 0 Å². The van der Waals surface area contributed by atoms with Crippen LogP contribution >= 0.6 is 0 Å². The summed E-state index contributed by atoms with van der Waals surface area (Å²) in [6.07, 6.45) is 0. The third-order valence-corrected chi connectivity index (χ3v) is 2.02. The molecule has 0 aliphatic rings. The quantitative estimate of drug-likeness (QED) is 0.604. The van der Waals surface area contributed by atoms with Crippen molar-refractivity contribution < 1.29 is 4.39 Å². The molecule has 0 aliphatic heterocycles. The molecule has 0 atom stereocenters. The van der Waals surface area contributed by atoms with Crippen LogP contribution in [0.3, 0.4) is 0 Å². The largest absolute Gasteiger partial charge is 0.357 e. The van der Waals surface area contributed by atoms with E-state index in [9.17, 15) is 4.39 Å². The van der Waals surface area contributed by atoms with E-state index in [1.54, 1.807) is 12.1 Å². The van der Waals surface area contributed by atoms with Crippen LogP contribution in [0.4, 0.5) is 4.39 Å². The molecule has 3 nitrogen and oxygen atoms in total. The molecule has 0 heterocycles. The van der Waals surface area contributed by atoms with Crippen LogP contribution in [0.1, 0.15) is 19.4 Å². The molecule has 16 heavy (non-hydrogen) atoms. The van der Waals surface area contributed by atoms with Crippen molar-refractivity contribution in [1.29, 1.82) is 0 Å². The van der Waals surface area contributed by atoms with Gasteiger partial charge in [-0.05, 0) is 31.5 Å². The first-order valence-electron chi connectivity index (χ1n) is 5.53. The highest BCUT2D eigenvalue weighted by Gasteiger charge is 1.95. The summed E-state index contributed by atoms with van der Waals surface area (Å²) in [7, 11) is 0. The minimum Gasteiger partial charge on any atom is -0.357 e. The summed E-state index contributed by atoms with van der Waals surface area (Å²) in [4.78, 5) is 4.38. The maximum absolute atomic E-state index is 12.7. The molecular weight excluding hydrogens is 205 g/mol. The van der Waals surface area contributed by atoms with Gasteiger partial charge in [0.1, 0.15) is 5.82 Å². The molecule has 1 rings (SSSR count). The number of nitrogens with one attached hydrogen (secondary N) is 2. The van der Waals surface area contributed by atoms with E-state index < -0.39 is 0 Å². The van der Waals surface area contributed by atoms with Gasteiger partial charge >= 0.3 is 0 Å². The van der Waals surface area contributed by atoms with Gasteiger partial charge in [-0.3, -0.25) is 0 Å². The van der Waals surface area contributed by atoms with Gasteiger partial charge in [0.15, 0.2) is 5.96 Å². The van der Waals surface area contributed by atoms with Crippen LogP contribution in [-0.4, -0.2) is 19.0 Å². The van der Waals surface area contributed by atoms with Gasteiger partial charge in [-0.15, -0.1) is 0 Å². The highest BCUT2D eigenvalue weighted by atomic mass is 19.1. The Kier molecular flexibility index (Phi) is 5.32. The van der Waals surface area contributed by atoms with E-state index in [4.69, 9.17) is 0 Å². The number of nitrogens with zero attached hydrogens (tertiary/aromatic N) is 1. The van der Waals surface area contributed by atoms with Crippen molar-refractivity contribution >= 4 is 5.96 Å². The normalized spacial score (nSPS) is 9.69. The lowest BCUT2D eigenvalue weighted by atomic mass is 10.2. The minimum atomic E-state index is -0.216. The predicted octanol–water partition coefficient (Wildman–Crippen LogP) is 1.90. The monoisotopic (exact) mass is 223 g/mol. The number of hydrogen-bond donors (Lipinski definition) is 2. The molecule has 0 aliphatic carbocycles. The molecule has 0 spiro atoms. The average Bonchev–Trinajstić information content (AvgIpc) is 2.29. The zero-order valence-corrected chi connectivity index (χ0v) is 9.76. The fourth-order valence-corrected chi connectivity index (χ4v) is 1.27. The van der Waals surface area contributed by atoms with E-state index in [0.717, 1.165) is 24.6 Å². The fourth-order valence-electron chi connectivity index (χ4n) is 1.27. The topological polar surface area (TPSA) is 36.4 Å². The summed E-state index contributed by atoms with van der Waals surface area (Å²) >= 11 is 0. The van der Waals surface area contributed by atoms with Crippen LogP contribution in [-0.2, 0) is 6.54 Å². The Morgan fingerprint density at radius 1 is 1.12 bits per heavy atom. The van der Waals surface area contributed by atoms with Crippen molar-refractivity contribution in [3.05, 3.63) is 35.6 Å². The van der Waals surface area contributed by atoms with E-state index in [0.29, 0.717) is 6.54 Å². The Morgan fingerprint density at radius 2 is 1.69 bits per heavy atom. The summed E-state index contributed by atoms with van der Waals surface area (Å²) in [6, 6.07) is 6.39. The second-order valence-electron chi connectivity index (χ2n) is 3.35. The maximum Gasteiger partial charge on any atom is 0.191 e. The molecule has 88 valence electrons. The molecule has 0 saturated heterocycles. The van der Waals surface area contributed by atoms with Gasteiger partial charge < -0.3 is 10.6 Å². The molecule has 4 heteroatoms. The Labute approximate surface area is 95.8 Å². The first kappa shape index (κ1) is 12.5. The molecular formula is C12H18FN3. The molecule has 0 bridgehead atoms. The van der Waals surface area contributed by atoms with Crippen LogP contribution in [0, 0.1) is 5.82 Å². The number of halogens is 1.